The number of aryl methyl sites for hydroxylation is 1. The maximum absolute atomic E-state index is 12.0. The smallest absolute Gasteiger partial charge is 0.336 e. The summed E-state index contributed by atoms with van der Waals surface area (Å²) in [5.74, 6) is 1.06. The first-order valence-electron chi connectivity index (χ1n) is 9.19. The highest BCUT2D eigenvalue weighted by Gasteiger charge is 2.08. The molecule has 0 saturated heterocycles. The van der Waals surface area contributed by atoms with Gasteiger partial charge in [0.1, 0.15) is 17.1 Å². The van der Waals surface area contributed by atoms with E-state index in [1.807, 2.05) is 37.3 Å². The summed E-state index contributed by atoms with van der Waals surface area (Å²) < 4.78 is 16.1. The van der Waals surface area contributed by atoms with Crippen molar-refractivity contribution >= 4 is 16.9 Å². The summed E-state index contributed by atoms with van der Waals surface area (Å²) >= 11 is 0. The van der Waals surface area contributed by atoms with Gasteiger partial charge < -0.3 is 19.2 Å². The lowest BCUT2D eigenvalue weighted by Crippen LogP contribution is -2.30. The fourth-order valence-corrected chi connectivity index (χ4v) is 3.04. The normalized spacial score (nSPS) is 10.6. The minimum absolute atomic E-state index is 0.116. The van der Waals surface area contributed by atoms with Crippen molar-refractivity contribution in [3.8, 4) is 11.5 Å². The van der Waals surface area contributed by atoms with Crippen LogP contribution < -0.4 is 20.4 Å². The first-order chi connectivity index (χ1) is 13.6. The zero-order valence-electron chi connectivity index (χ0n) is 16.0. The van der Waals surface area contributed by atoms with Gasteiger partial charge in [-0.05, 0) is 42.2 Å². The van der Waals surface area contributed by atoms with Crippen LogP contribution in [0, 0.1) is 0 Å². The number of hydrogen-bond acceptors (Lipinski definition) is 5. The molecule has 0 unspecified atom stereocenters. The molecular formula is C22H23NO5. The van der Waals surface area contributed by atoms with E-state index in [0.29, 0.717) is 24.3 Å². The second-order valence-corrected chi connectivity index (χ2v) is 6.30. The summed E-state index contributed by atoms with van der Waals surface area (Å²) in [7, 11) is 1.63. The molecule has 146 valence electrons. The number of methoxy groups -OCH3 is 1. The molecule has 0 saturated carbocycles. The van der Waals surface area contributed by atoms with Crippen LogP contribution in [-0.4, -0.2) is 26.2 Å². The van der Waals surface area contributed by atoms with E-state index in [-0.39, 0.29) is 12.5 Å². The Morgan fingerprint density at radius 3 is 2.71 bits per heavy atom. The summed E-state index contributed by atoms with van der Waals surface area (Å²) in [6.45, 7) is 2.35. The number of ether oxygens (including phenoxy) is 2. The Hall–Kier alpha value is -3.28. The number of hydrogen-bond donors (Lipinski definition) is 1. The zero-order chi connectivity index (χ0) is 19.9. The number of amides is 1. The maximum Gasteiger partial charge on any atom is 0.336 e. The van der Waals surface area contributed by atoms with Gasteiger partial charge in [-0.15, -0.1) is 0 Å². The van der Waals surface area contributed by atoms with Gasteiger partial charge in [0.2, 0.25) is 0 Å². The van der Waals surface area contributed by atoms with Gasteiger partial charge in [0.15, 0.2) is 6.61 Å². The molecule has 0 atom stereocenters. The Balaban J connectivity index is 1.55. The molecule has 0 radical (unpaired) electrons. The van der Waals surface area contributed by atoms with Crippen molar-refractivity contribution in [2.75, 3.05) is 20.3 Å². The van der Waals surface area contributed by atoms with Crippen molar-refractivity contribution in [3.05, 3.63) is 70.1 Å². The molecule has 1 N–H and O–H groups in total. The van der Waals surface area contributed by atoms with E-state index in [0.717, 1.165) is 28.7 Å². The van der Waals surface area contributed by atoms with E-state index in [1.54, 1.807) is 19.2 Å². The minimum Gasteiger partial charge on any atom is -0.496 e. The predicted octanol–water partition coefficient (Wildman–Crippen LogP) is 3.10. The second kappa shape index (κ2) is 9.08. The Morgan fingerprint density at radius 1 is 1.11 bits per heavy atom. The van der Waals surface area contributed by atoms with Crippen molar-refractivity contribution in [2.24, 2.45) is 0 Å². The van der Waals surface area contributed by atoms with E-state index in [2.05, 4.69) is 5.32 Å². The molecule has 0 aliphatic heterocycles. The summed E-state index contributed by atoms with van der Waals surface area (Å²) in [6.07, 6.45) is 1.40. The topological polar surface area (TPSA) is 77.8 Å². The molecule has 0 bridgehead atoms. The van der Waals surface area contributed by atoms with Crippen LogP contribution in [0.25, 0.3) is 11.0 Å². The number of benzene rings is 2. The summed E-state index contributed by atoms with van der Waals surface area (Å²) in [5.41, 5.74) is 2.02. The standard InChI is InChI=1S/C22H23NO5/c1-3-15-12-22(25)28-20-13-17(8-9-18(15)20)27-14-21(24)23-11-10-16-6-4-5-7-19(16)26-2/h4-9,12-13H,3,10-11,14H2,1-2H3,(H,23,24). The highest BCUT2D eigenvalue weighted by Crippen LogP contribution is 2.23. The van der Waals surface area contributed by atoms with E-state index < -0.39 is 5.63 Å². The van der Waals surface area contributed by atoms with E-state index in [4.69, 9.17) is 13.9 Å². The SMILES string of the molecule is CCc1cc(=O)oc2cc(OCC(=O)NCCc3ccccc3OC)ccc12. The number of fused-ring (bicyclic) bond motifs is 1. The Bertz CT molecular complexity index is 1020. The van der Waals surface area contributed by atoms with Gasteiger partial charge >= 0.3 is 5.63 Å². The van der Waals surface area contributed by atoms with Gasteiger partial charge in [0.25, 0.3) is 5.91 Å². The van der Waals surface area contributed by atoms with Crippen LogP contribution in [0.15, 0.2) is 57.7 Å². The second-order valence-electron chi connectivity index (χ2n) is 6.30. The molecule has 28 heavy (non-hydrogen) atoms. The fourth-order valence-electron chi connectivity index (χ4n) is 3.04. The average molecular weight is 381 g/mol. The maximum atomic E-state index is 12.0. The summed E-state index contributed by atoms with van der Waals surface area (Å²) in [4.78, 5) is 23.7. The molecule has 1 heterocycles. The number of rotatable bonds is 8. The first kappa shape index (κ1) is 19.5. The van der Waals surface area contributed by atoms with Crippen molar-refractivity contribution in [1.82, 2.24) is 5.32 Å². The average Bonchev–Trinajstić information content (AvgIpc) is 2.71. The van der Waals surface area contributed by atoms with E-state index in [9.17, 15) is 9.59 Å². The van der Waals surface area contributed by atoms with Crippen LogP contribution in [0.4, 0.5) is 0 Å². The predicted molar refractivity (Wildman–Crippen MR) is 107 cm³/mol. The highest BCUT2D eigenvalue weighted by molar-refractivity contribution is 5.82. The molecule has 0 aliphatic carbocycles. The van der Waals surface area contributed by atoms with Crippen molar-refractivity contribution in [2.45, 2.75) is 19.8 Å². The molecule has 3 rings (SSSR count). The highest BCUT2D eigenvalue weighted by atomic mass is 16.5. The third-order valence-electron chi connectivity index (χ3n) is 4.46. The molecule has 1 amide bonds. The van der Waals surface area contributed by atoms with E-state index in [1.165, 1.54) is 6.07 Å². The molecule has 3 aromatic rings. The van der Waals surface area contributed by atoms with Gasteiger partial charge in [-0.1, -0.05) is 25.1 Å². The lowest BCUT2D eigenvalue weighted by molar-refractivity contribution is -0.123. The minimum atomic E-state index is -0.393. The molecule has 2 aromatic carbocycles. The quantitative estimate of drug-likeness (QED) is 0.607. The van der Waals surface area contributed by atoms with Crippen molar-refractivity contribution < 1.29 is 18.7 Å². The number of para-hydroxylation sites is 1. The third kappa shape index (κ3) is 4.71. The first-order valence-corrected chi connectivity index (χ1v) is 9.19. The number of carbonyl (C=O) groups is 1. The van der Waals surface area contributed by atoms with Crippen LogP contribution in [0.3, 0.4) is 0 Å². The molecule has 1 aromatic heterocycles. The Morgan fingerprint density at radius 2 is 1.93 bits per heavy atom. The van der Waals surface area contributed by atoms with Gasteiger partial charge in [-0.3, -0.25) is 4.79 Å². The van der Waals surface area contributed by atoms with Crippen molar-refractivity contribution in [1.29, 1.82) is 0 Å². The van der Waals surface area contributed by atoms with Crippen LogP contribution in [0.2, 0.25) is 0 Å². The largest absolute Gasteiger partial charge is 0.496 e. The van der Waals surface area contributed by atoms with Gasteiger partial charge in [0, 0.05) is 24.1 Å². The third-order valence-corrected chi connectivity index (χ3v) is 4.46. The molecule has 0 aliphatic rings. The molecular weight excluding hydrogens is 358 g/mol. The molecule has 6 heteroatoms. The van der Waals surface area contributed by atoms with Gasteiger partial charge in [-0.2, -0.15) is 0 Å². The lowest BCUT2D eigenvalue weighted by atomic mass is 10.1. The molecule has 0 spiro atoms. The zero-order valence-corrected chi connectivity index (χ0v) is 16.0. The Labute approximate surface area is 163 Å². The summed E-state index contributed by atoms with van der Waals surface area (Å²) in [5, 5.41) is 3.70. The summed E-state index contributed by atoms with van der Waals surface area (Å²) in [6, 6.07) is 14.4. The monoisotopic (exact) mass is 381 g/mol. The fraction of sp³-hybridized carbons (Fsp3) is 0.273. The van der Waals surface area contributed by atoms with Gasteiger partial charge in [-0.25, -0.2) is 4.79 Å². The van der Waals surface area contributed by atoms with Gasteiger partial charge in [0.05, 0.1) is 7.11 Å². The van der Waals surface area contributed by atoms with Crippen molar-refractivity contribution in [3.63, 3.8) is 0 Å². The lowest BCUT2D eigenvalue weighted by Gasteiger charge is -2.10. The van der Waals surface area contributed by atoms with Crippen LogP contribution in [0.1, 0.15) is 18.1 Å². The van der Waals surface area contributed by atoms with Crippen LogP contribution >= 0.6 is 0 Å². The van der Waals surface area contributed by atoms with Crippen LogP contribution in [0.5, 0.6) is 11.5 Å². The van der Waals surface area contributed by atoms with E-state index >= 15 is 0 Å². The number of nitrogens with one attached hydrogen (secondary N) is 1. The molecule has 6 nitrogen and oxygen atoms in total. The Kier molecular flexibility index (Phi) is 6.32. The van der Waals surface area contributed by atoms with Crippen LogP contribution in [-0.2, 0) is 17.6 Å². The number of carbonyl (C=O) groups excluding carboxylic acids is 1. The molecule has 0 fully saturated rings.